The summed E-state index contributed by atoms with van der Waals surface area (Å²) in [5.74, 6) is -0.162. The fourth-order valence-corrected chi connectivity index (χ4v) is 3.23. The smallest absolute Gasteiger partial charge is 0.323 e. The van der Waals surface area contributed by atoms with Crippen molar-refractivity contribution in [2.45, 2.75) is 13.5 Å². The highest BCUT2D eigenvalue weighted by atomic mass is 32.1. The predicted octanol–water partition coefficient (Wildman–Crippen LogP) is 1.91. The summed E-state index contributed by atoms with van der Waals surface area (Å²) in [4.78, 5) is 30.4. The van der Waals surface area contributed by atoms with Crippen molar-refractivity contribution in [3.63, 3.8) is 0 Å². The van der Waals surface area contributed by atoms with E-state index in [1.165, 1.54) is 11.3 Å². The zero-order valence-electron chi connectivity index (χ0n) is 12.1. The number of nitrogens with zero attached hydrogens (tertiary/aromatic N) is 2. The second kappa shape index (κ2) is 6.15. The van der Waals surface area contributed by atoms with Gasteiger partial charge in [-0.15, -0.1) is 0 Å². The lowest BCUT2D eigenvalue weighted by Crippen LogP contribution is -2.27. The third kappa shape index (κ3) is 2.94. The summed E-state index contributed by atoms with van der Waals surface area (Å²) in [7, 11) is 0. The van der Waals surface area contributed by atoms with Crippen LogP contribution in [0.5, 0.6) is 0 Å². The number of nitrogens with one attached hydrogen (secondary N) is 2. The van der Waals surface area contributed by atoms with Crippen molar-refractivity contribution >= 4 is 28.4 Å². The molecule has 0 saturated carbocycles. The zero-order valence-corrected chi connectivity index (χ0v) is 12.9. The first-order valence-corrected chi connectivity index (χ1v) is 7.81. The van der Waals surface area contributed by atoms with Crippen LogP contribution >= 0.6 is 11.3 Å². The van der Waals surface area contributed by atoms with Crippen molar-refractivity contribution in [3.05, 3.63) is 46.5 Å². The zero-order chi connectivity index (χ0) is 15.5. The largest absolute Gasteiger partial charge is 0.347 e. The minimum atomic E-state index is -0.162. The molecular weight excluding hydrogens is 300 g/mol. The maximum Gasteiger partial charge on any atom is 0.323 e. The van der Waals surface area contributed by atoms with Crippen molar-refractivity contribution in [1.82, 2.24) is 15.6 Å². The topological polar surface area (TPSA) is 74.3 Å². The summed E-state index contributed by atoms with van der Waals surface area (Å²) >= 11 is 1.25. The Morgan fingerprint density at radius 3 is 2.86 bits per heavy atom. The van der Waals surface area contributed by atoms with Gasteiger partial charge >= 0.3 is 6.03 Å². The van der Waals surface area contributed by atoms with E-state index >= 15 is 0 Å². The molecule has 1 aliphatic rings. The van der Waals surface area contributed by atoms with E-state index in [4.69, 9.17) is 0 Å². The molecule has 0 bridgehead atoms. The first-order valence-electron chi connectivity index (χ1n) is 7.00. The van der Waals surface area contributed by atoms with E-state index in [9.17, 15) is 9.59 Å². The molecule has 0 spiro atoms. The van der Waals surface area contributed by atoms with E-state index in [2.05, 4.69) is 15.6 Å². The molecule has 1 aromatic heterocycles. The van der Waals surface area contributed by atoms with Gasteiger partial charge in [-0.2, -0.15) is 0 Å². The second-order valence-electron chi connectivity index (χ2n) is 4.96. The Bertz CT molecular complexity index is 699. The molecule has 7 heteroatoms. The molecule has 114 valence electrons. The molecule has 22 heavy (non-hydrogen) atoms. The van der Waals surface area contributed by atoms with E-state index < -0.39 is 0 Å². The SMILES string of the molecule is Cc1nc(N2CCNC2=O)sc1C(=O)NCc1ccccc1. The minimum absolute atomic E-state index is 0.162. The molecule has 3 amide bonds. The van der Waals surface area contributed by atoms with Gasteiger partial charge in [-0.25, -0.2) is 9.78 Å². The highest BCUT2D eigenvalue weighted by molar-refractivity contribution is 7.17. The van der Waals surface area contributed by atoms with E-state index in [1.54, 1.807) is 11.8 Å². The van der Waals surface area contributed by atoms with Crippen LogP contribution in [0.2, 0.25) is 0 Å². The third-order valence-corrected chi connectivity index (χ3v) is 4.55. The van der Waals surface area contributed by atoms with E-state index in [0.29, 0.717) is 35.3 Å². The van der Waals surface area contributed by atoms with Gasteiger partial charge in [0, 0.05) is 19.6 Å². The molecule has 2 heterocycles. The summed E-state index contributed by atoms with van der Waals surface area (Å²) in [5, 5.41) is 6.18. The first kappa shape index (κ1) is 14.5. The van der Waals surface area contributed by atoms with Gasteiger partial charge in [-0.1, -0.05) is 41.7 Å². The molecule has 0 atom stereocenters. The van der Waals surface area contributed by atoms with Gasteiger partial charge < -0.3 is 10.6 Å². The van der Waals surface area contributed by atoms with E-state index in [-0.39, 0.29) is 11.9 Å². The first-order chi connectivity index (χ1) is 10.6. The maximum absolute atomic E-state index is 12.3. The van der Waals surface area contributed by atoms with Crippen LogP contribution in [0, 0.1) is 6.92 Å². The Hall–Kier alpha value is -2.41. The second-order valence-corrected chi connectivity index (χ2v) is 5.94. The van der Waals surface area contributed by atoms with Crippen LogP contribution < -0.4 is 15.5 Å². The lowest BCUT2D eigenvalue weighted by atomic mass is 10.2. The van der Waals surface area contributed by atoms with Crippen LogP contribution in [0.15, 0.2) is 30.3 Å². The van der Waals surface area contributed by atoms with Crippen molar-refractivity contribution in [3.8, 4) is 0 Å². The average Bonchev–Trinajstić information content (AvgIpc) is 3.11. The Morgan fingerprint density at radius 2 is 2.18 bits per heavy atom. The molecule has 1 aliphatic heterocycles. The number of aryl methyl sites for hydroxylation is 1. The molecule has 2 aromatic rings. The normalized spacial score (nSPS) is 14.0. The number of hydrogen-bond acceptors (Lipinski definition) is 4. The van der Waals surface area contributed by atoms with Crippen LogP contribution in [0.25, 0.3) is 0 Å². The van der Waals surface area contributed by atoms with E-state index in [1.807, 2.05) is 30.3 Å². The average molecular weight is 316 g/mol. The molecule has 3 rings (SSSR count). The number of rotatable bonds is 4. The van der Waals surface area contributed by atoms with E-state index in [0.717, 1.165) is 5.56 Å². The predicted molar refractivity (Wildman–Crippen MR) is 85.2 cm³/mol. The molecule has 1 aromatic carbocycles. The molecular formula is C15H16N4O2S. The van der Waals surface area contributed by atoms with Gasteiger partial charge in [0.05, 0.1) is 5.69 Å². The molecule has 0 unspecified atom stereocenters. The van der Waals surface area contributed by atoms with Crippen LogP contribution in [-0.2, 0) is 6.54 Å². The summed E-state index contributed by atoms with van der Waals surface area (Å²) < 4.78 is 0. The molecule has 1 saturated heterocycles. The Balaban J connectivity index is 1.70. The fourth-order valence-electron chi connectivity index (χ4n) is 2.22. The van der Waals surface area contributed by atoms with Gasteiger partial charge in [-0.05, 0) is 12.5 Å². The van der Waals surface area contributed by atoms with Gasteiger partial charge in [-0.3, -0.25) is 9.69 Å². The summed E-state index contributed by atoms with van der Waals surface area (Å²) in [6.07, 6.45) is 0. The van der Waals surface area contributed by atoms with Crippen molar-refractivity contribution in [2.24, 2.45) is 0 Å². The number of aromatic nitrogens is 1. The van der Waals surface area contributed by atoms with Gasteiger partial charge in [0.25, 0.3) is 5.91 Å². The maximum atomic E-state index is 12.3. The minimum Gasteiger partial charge on any atom is -0.347 e. The number of amides is 3. The number of hydrogen-bond donors (Lipinski definition) is 2. The van der Waals surface area contributed by atoms with Crippen molar-refractivity contribution < 1.29 is 9.59 Å². The number of thiazole rings is 1. The third-order valence-electron chi connectivity index (χ3n) is 3.38. The van der Waals surface area contributed by atoms with Crippen molar-refractivity contribution in [2.75, 3.05) is 18.0 Å². The molecule has 2 N–H and O–H groups in total. The van der Waals surface area contributed by atoms with Gasteiger partial charge in [0.15, 0.2) is 5.13 Å². The number of carbonyl (C=O) groups is 2. The quantitative estimate of drug-likeness (QED) is 0.905. The monoisotopic (exact) mass is 316 g/mol. The van der Waals surface area contributed by atoms with Crippen LogP contribution in [0.4, 0.5) is 9.93 Å². The molecule has 0 aliphatic carbocycles. The highest BCUT2D eigenvalue weighted by Gasteiger charge is 2.26. The Labute approximate surface area is 132 Å². The summed E-state index contributed by atoms with van der Waals surface area (Å²) in [6, 6.07) is 9.56. The van der Waals surface area contributed by atoms with Gasteiger partial charge in [0.2, 0.25) is 0 Å². The summed E-state index contributed by atoms with van der Waals surface area (Å²) in [6.45, 7) is 3.44. The number of carbonyl (C=O) groups excluding carboxylic acids is 2. The molecule has 6 nitrogen and oxygen atoms in total. The van der Waals surface area contributed by atoms with Crippen LogP contribution in [0.3, 0.4) is 0 Å². The standard InChI is InChI=1S/C15H16N4O2S/c1-10-12(13(20)17-9-11-5-3-2-4-6-11)22-15(18-10)19-8-7-16-14(19)21/h2-6H,7-9H2,1H3,(H,16,21)(H,17,20). The fraction of sp³-hybridized carbons (Fsp3) is 0.267. The van der Waals surface area contributed by atoms with Crippen molar-refractivity contribution in [1.29, 1.82) is 0 Å². The van der Waals surface area contributed by atoms with Crippen LogP contribution in [0.1, 0.15) is 20.9 Å². The Kier molecular flexibility index (Phi) is 4.06. The number of anilines is 1. The van der Waals surface area contributed by atoms with Crippen LogP contribution in [-0.4, -0.2) is 30.0 Å². The number of benzene rings is 1. The van der Waals surface area contributed by atoms with Gasteiger partial charge in [0.1, 0.15) is 4.88 Å². The Morgan fingerprint density at radius 1 is 1.41 bits per heavy atom. The number of urea groups is 1. The highest BCUT2D eigenvalue weighted by Crippen LogP contribution is 2.27. The summed E-state index contributed by atoms with van der Waals surface area (Å²) in [5.41, 5.74) is 1.68. The lowest BCUT2D eigenvalue weighted by Gasteiger charge is -2.08. The molecule has 1 fully saturated rings. The lowest BCUT2D eigenvalue weighted by molar-refractivity contribution is 0.0954. The molecule has 0 radical (unpaired) electrons.